The smallest absolute Gasteiger partial charge is 0.349 e. The first-order valence-electron chi connectivity index (χ1n) is 9.44. The lowest BCUT2D eigenvalue weighted by molar-refractivity contribution is -0.142. The van der Waals surface area contributed by atoms with Gasteiger partial charge < -0.3 is 19.4 Å². The number of nitrogens with one attached hydrogen (secondary N) is 1. The van der Waals surface area contributed by atoms with Gasteiger partial charge in [0.05, 0.1) is 11.5 Å². The van der Waals surface area contributed by atoms with E-state index in [1.165, 1.54) is 30.3 Å². The highest BCUT2D eigenvalue weighted by Gasteiger charge is 2.16. The molecule has 2 rings (SSSR count). The summed E-state index contributed by atoms with van der Waals surface area (Å²) in [7, 11) is -2.24. The summed E-state index contributed by atoms with van der Waals surface area (Å²) >= 11 is 0. The van der Waals surface area contributed by atoms with E-state index in [1.54, 1.807) is 13.2 Å². The first kappa shape index (κ1) is 24.8. The molecule has 0 aliphatic heterocycles. The maximum absolute atomic E-state index is 12.3. The number of aryl methyl sites for hydroxylation is 1. The number of carbonyl (C=O) groups is 2. The highest BCUT2D eigenvalue weighted by atomic mass is 32.2. The molecule has 0 fully saturated rings. The van der Waals surface area contributed by atoms with Crippen molar-refractivity contribution in [3.05, 3.63) is 52.9 Å². The number of rotatable bonds is 9. The highest BCUT2D eigenvalue weighted by molar-refractivity contribution is 7.89. The van der Waals surface area contributed by atoms with Gasteiger partial charge in [-0.2, -0.15) is 5.26 Å². The lowest BCUT2D eigenvalue weighted by atomic mass is 10.1. The molecule has 2 aromatic rings. The van der Waals surface area contributed by atoms with Crippen LogP contribution in [0.2, 0.25) is 0 Å². The SMILES string of the molecule is COCCn1c(C)cc(/C=C(/C#N)C(=O)OCC(=O)Nc2ccc(S(N)(=O)=O)cc2)c1C. The van der Waals surface area contributed by atoms with E-state index in [4.69, 9.17) is 14.6 Å². The summed E-state index contributed by atoms with van der Waals surface area (Å²) < 4.78 is 34.5. The van der Waals surface area contributed by atoms with Gasteiger partial charge in [-0.05, 0) is 55.8 Å². The molecule has 3 N–H and O–H groups in total. The molecule has 32 heavy (non-hydrogen) atoms. The molecular weight excluding hydrogens is 436 g/mol. The fourth-order valence-corrected chi connectivity index (χ4v) is 3.44. The molecule has 0 atom stereocenters. The first-order chi connectivity index (χ1) is 15.1. The third kappa shape index (κ3) is 6.52. The maximum Gasteiger partial charge on any atom is 0.349 e. The van der Waals surface area contributed by atoms with Crippen molar-refractivity contribution in [2.45, 2.75) is 25.3 Å². The van der Waals surface area contributed by atoms with E-state index < -0.39 is 28.5 Å². The second-order valence-electron chi connectivity index (χ2n) is 6.83. The van der Waals surface area contributed by atoms with Crippen molar-refractivity contribution in [2.75, 3.05) is 25.6 Å². The van der Waals surface area contributed by atoms with E-state index in [9.17, 15) is 23.3 Å². The largest absolute Gasteiger partial charge is 0.451 e. The van der Waals surface area contributed by atoms with Gasteiger partial charge >= 0.3 is 5.97 Å². The number of benzene rings is 1. The van der Waals surface area contributed by atoms with Gasteiger partial charge in [0, 0.05) is 30.7 Å². The molecule has 11 heteroatoms. The Hall–Kier alpha value is -3.46. The molecule has 1 heterocycles. The van der Waals surface area contributed by atoms with Crippen molar-refractivity contribution < 1.29 is 27.5 Å². The summed E-state index contributed by atoms with van der Waals surface area (Å²) in [6, 6.07) is 8.79. The molecule has 0 saturated heterocycles. The topological polar surface area (TPSA) is 154 Å². The zero-order valence-corrected chi connectivity index (χ0v) is 18.7. The number of nitrogens with two attached hydrogens (primary N) is 1. The average molecular weight is 461 g/mol. The van der Waals surface area contributed by atoms with E-state index >= 15 is 0 Å². The van der Waals surface area contributed by atoms with Crippen LogP contribution in [0.25, 0.3) is 6.08 Å². The average Bonchev–Trinajstić information content (AvgIpc) is 3.00. The second kappa shape index (κ2) is 10.7. The van der Waals surface area contributed by atoms with Crippen molar-refractivity contribution in [1.29, 1.82) is 5.26 Å². The molecule has 0 unspecified atom stereocenters. The summed E-state index contributed by atoms with van der Waals surface area (Å²) in [6.45, 7) is 4.30. The normalized spacial score (nSPS) is 11.7. The van der Waals surface area contributed by atoms with Gasteiger partial charge in [0.2, 0.25) is 10.0 Å². The summed E-state index contributed by atoms with van der Waals surface area (Å²) in [5, 5.41) is 16.8. The minimum Gasteiger partial charge on any atom is -0.451 e. The number of hydrogen-bond donors (Lipinski definition) is 2. The predicted molar refractivity (Wildman–Crippen MR) is 117 cm³/mol. The number of ether oxygens (including phenoxy) is 2. The Balaban J connectivity index is 2.02. The summed E-state index contributed by atoms with van der Waals surface area (Å²) in [6.07, 6.45) is 1.41. The van der Waals surface area contributed by atoms with Gasteiger partial charge in [0.15, 0.2) is 6.61 Å². The van der Waals surface area contributed by atoms with Crippen LogP contribution in [-0.2, 0) is 35.6 Å². The number of esters is 1. The van der Waals surface area contributed by atoms with E-state index in [0.29, 0.717) is 18.7 Å². The summed E-state index contributed by atoms with van der Waals surface area (Å²) in [4.78, 5) is 24.2. The van der Waals surface area contributed by atoms with Gasteiger partial charge in [-0.25, -0.2) is 18.4 Å². The molecule has 0 spiro atoms. The lowest BCUT2D eigenvalue weighted by Gasteiger charge is -2.08. The fraction of sp³-hybridized carbons (Fsp3) is 0.286. The number of carbonyl (C=O) groups excluding carboxylic acids is 2. The van der Waals surface area contributed by atoms with Gasteiger partial charge in [0.25, 0.3) is 5.91 Å². The molecule has 0 aliphatic carbocycles. The predicted octanol–water partition coefficient (Wildman–Crippen LogP) is 1.49. The van der Waals surface area contributed by atoms with Gasteiger partial charge in [-0.15, -0.1) is 0 Å². The van der Waals surface area contributed by atoms with Crippen molar-refractivity contribution in [1.82, 2.24) is 4.57 Å². The Labute approximate surface area is 186 Å². The molecule has 1 aromatic carbocycles. The molecule has 0 saturated carbocycles. The quantitative estimate of drug-likeness (QED) is 0.326. The van der Waals surface area contributed by atoms with Crippen molar-refractivity contribution in [3.63, 3.8) is 0 Å². The Bertz CT molecular complexity index is 1170. The number of aromatic nitrogens is 1. The summed E-state index contributed by atoms with van der Waals surface area (Å²) in [5.41, 5.74) is 2.54. The number of methoxy groups -OCH3 is 1. The number of sulfonamides is 1. The van der Waals surface area contributed by atoms with Crippen LogP contribution in [0.15, 0.2) is 40.8 Å². The Morgan fingerprint density at radius 3 is 2.47 bits per heavy atom. The minimum absolute atomic E-state index is 0.104. The fourth-order valence-electron chi connectivity index (χ4n) is 2.93. The molecular formula is C21H24N4O6S. The Morgan fingerprint density at radius 1 is 1.25 bits per heavy atom. The molecule has 170 valence electrons. The summed E-state index contributed by atoms with van der Waals surface area (Å²) in [5.74, 6) is -1.59. The molecule has 0 radical (unpaired) electrons. The van der Waals surface area contributed by atoms with E-state index in [-0.39, 0.29) is 16.2 Å². The van der Waals surface area contributed by atoms with Crippen LogP contribution in [0, 0.1) is 25.2 Å². The molecule has 0 bridgehead atoms. The zero-order chi connectivity index (χ0) is 23.9. The number of hydrogen-bond acceptors (Lipinski definition) is 7. The zero-order valence-electron chi connectivity index (χ0n) is 17.9. The van der Waals surface area contributed by atoms with Crippen LogP contribution in [-0.4, -0.2) is 45.2 Å². The number of nitrogens with zero attached hydrogens (tertiary/aromatic N) is 2. The number of nitriles is 1. The molecule has 10 nitrogen and oxygen atoms in total. The molecule has 1 aromatic heterocycles. The molecule has 0 aliphatic rings. The van der Waals surface area contributed by atoms with Crippen molar-refractivity contribution in [3.8, 4) is 6.07 Å². The number of primary sulfonamides is 1. The van der Waals surface area contributed by atoms with Crippen molar-refractivity contribution >= 4 is 33.7 Å². The van der Waals surface area contributed by atoms with Crippen LogP contribution in [0.1, 0.15) is 17.0 Å². The molecule has 1 amide bonds. The van der Waals surface area contributed by atoms with Crippen LogP contribution >= 0.6 is 0 Å². The Kier molecular flexibility index (Phi) is 8.31. The van der Waals surface area contributed by atoms with Gasteiger partial charge in [-0.1, -0.05) is 0 Å². The van der Waals surface area contributed by atoms with Crippen molar-refractivity contribution in [2.24, 2.45) is 5.14 Å². The van der Waals surface area contributed by atoms with Crippen LogP contribution in [0.3, 0.4) is 0 Å². The number of anilines is 1. The third-order valence-corrected chi connectivity index (χ3v) is 5.50. The maximum atomic E-state index is 12.3. The highest BCUT2D eigenvalue weighted by Crippen LogP contribution is 2.19. The van der Waals surface area contributed by atoms with E-state index in [0.717, 1.165) is 11.4 Å². The second-order valence-corrected chi connectivity index (χ2v) is 8.40. The monoisotopic (exact) mass is 460 g/mol. The van der Waals surface area contributed by atoms with Crippen LogP contribution in [0.5, 0.6) is 0 Å². The van der Waals surface area contributed by atoms with Crippen LogP contribution in [0.4, 0.5) is 5.69 Å². The first-order valence-corrected chi connectivity index (χ1v) is 11.0. The standard InChI is InChI=1S/C21H24N4O6S/c1-14-10-16(15(2)25(14)8-9-30-3)11-17(12-22)21(27)31-13-20(26)24-18-4-6-19(7-5-18)32(23,28)29/h4-7,10-11H,8-9,13H2,1-3H3,(H,24,26)(H2,23,28,29)/b17-11-. The Morgan fingerprint density at radius 2 is 1.91 bits per heavy atom. The lowest BCUT2D eigenvalue weighted by Crippen LogP contribution is -2.21. The van der Waals surface area contributed by atoms with E-state index in [2.05, 4.69) is 5.32 Å². The third-order valence-electron chi connectivity index (χ3n) is 4.57. The minimum atomic E-state index is -3.84. The van der Waals surface area contributed by atoms with Crippen LogP contribution < -0.4 is 10.5 Å². The van der Waals surface area contributed by atoms with Gasteiger partial charge in [-0.3, -0.25) is 4.79 Å². The number of amides is 1. The van der Waals surface area contributed by atoms with Gasteiger partial charge in [0.1, 0.15) is 11.6 Å². The van der Waals surface area contributed by atoms with E-state index in [1.807, 2.05) is 24.5 Å².